The summed E-state index contributed by atoms with van der Waals surface area (Å²) in [6.07, 6.45) is 5.59. The van der Waals surface area contributed by atoms with Crippen LogP contribution in [0.4, 0.5) is 0 Å². The molecule has 0 aromatic heterocycles. The molecule has 1 aliphatic rings. The lowest BCUT2D eigenvalue weighted by atomic mass is 9.86. The molecule has 1 aliphatic carbocycles. The minimum Gasteiger partial charge on any atom is -0.490 e. The van der Waals surface area contributed by atoms with Crippen LogP contribution in [0.3, 0.4) is 0 Å². The zero-order valence-electron chi connectivity index (χ0n) is 17.5. The van der Waals surface area contributed by atoms with Crippen LogP contribution in [0.1, 0.15) is 63.1 Å². The SMILES string of the molecule is CCc1ccc2c(OCC(O)CC)c3c(c(OCC(O)CC)c2c1)CCCC3. The second-order valence-corrected chi connectivity index (χ2v) is 7.80. The summed E-state index contributed by atoms with van der Waals surface area (Å²) >= 11 is 0. The van der Waals surface area contributed by atoms with Crippen molar-refractivity contribution in [2.45, 2.75) is 77.9 Å². The number of hydrogen-bond donors (Lipinski definition) is 2. The third-order valence-electron chi connectivity index (χ3n) is 5.78. The number of ether oxygens (including phenoxy) is 2. The van der Waals surface area contributed by atoms with Gasteiger partial charge in [-0.25, -0.2) is 0 Å². The predicted molar refractivity (Wildman–Crippen MR) is 114 cm³/mol. The summed E-state index contributed by atoms with van der Waals surface area (Å²) in [4.78, 5) is 0. The Morgan fingerprint density at radius 1 is 0.821 bits per heavy atom. The molecule has 2 aromatic carbocycles. The summed E-state index contributed by atoms with van der Waals surface area (Å²) in [5.74, 6) is 1.82. The van der Waals surface area contributed by atoms with Crippen molar-refractivity contribution >= 4 is 10.8 Å². The highest BCUT2D eigenvalue weighted by Gasteiger charge is 2.25. The highest BCUT2D eigenvalue weighted by Crippen LogP contribution is 2.44. The van der Waals surface area contributed by atoms with Crippen LogP contribution in [-0.2, 0) is 19.3 Å². The molecule has 0 spiro atoms. The summed E-state index contributed by atoms with van der Waals surface area (Å²) in [5.41, 5.74) is 3.69. The molecule has 0 radical (unpaired) electrons. The van der Waals surface area contributed by atoms with Crippen molar-refractivity contribution in [3.8, 4) is 11.5 Å². The number of hydrogen-bond acceptors (Lipinski definition) is 4. The van der Waals surface area contributed by atoms with E-state index in [9.17, 15) is 10.2 Å². The molecule has 3 rings (SSSR count). The van der Waals surface area contributed by atoms with Crippen molar-refractivity contribution in [2.75, 3.05) is 13.2 Å². The molecular formula is C24H34O4. The second-order valence-electron chi connectivity index (χ2n) is 7.80. The molecule has 28 heavy (non-hydrogen) atoms. The molecule has 0 heterocycles. The zero-order chi connectivity index (χ0) is 20.1. The van der Waals surface area contributed by atoms with Gasteiger partial charge in [-0.05, 0) is 56.6 Å². The molecule has 0 aliphatic heterocycles. The number of aryl methyl sites for hydroxylation is 1. The zero-order valence-corrected chi connectivity index (χ0v) is 17.5. The van der Waals surface area contributed by atoms with Gasteiger partial charge in [0, 0.05) is 21.9 Å². The van der Waals surface area contributed by atoms with E-state index in [2.05, 4.69) is 25.1 Å². The molecular weight excluding hydrogens is 352 g/mol. The first-order valence-electron chi connectivity index (χ1n) is 10.8. The normalized spacial score (nSPS) is 15.9. The van der Waals surface area contributed by atoms with E-state index in [1.54, 1.807) is 0 Å². The molecule has 0 amide bonds. The summed E-state index contributed by atoms with van der Waals surface area (Å²) in [7, 11) is 0. The van der Waals surface area contributed by atoms with E-state index >= 15 is 0 Å². The second kappa shape index (κ2) is 9.62. The Balaban J connectivity index is 2.14. The lowest BCUT2D eigenvalue weighted by molar-refractivity contribution is 0.102. The largest absolute Gasteiger partial charge is 0.490 e. The number of aliphatic hydroxyl groups excluding tert-OH is 2. The molecule has 2 N–H and O–H groups in total. The van der Waals surface area contributed by atoms with Crippen molar-refractivity contribution in [1.29, 1.82) is 0 Å². The summed E-state index contributed by atoms with van der Waals surface area (Å²) in [6, 6.07) is 6.46. The molecule has 0 bridgehead atoms. The fraction of sp³-hybridized carbons (Fsp3) is 0.583. The molecule has 154 valence electrons. The minimum atomic E-state index is -0.459. The van der Waals surface area contributed by atoms with E-state index in [-0.39, 0.29) is 0 Å². The number of fused-ring (bicyclic) bond motifs is 2. The molecule has 4 nitrogen and oxygen atoms in total. The van der Waals surface area contributed by atoms with Crippen molar-refractivity contribution in [1.82, 2.24) is 0 Å². The third-order valence-corrected chi connectivity index (χ3v) is 5.78. The van der Waals surface area contributed by atoms with E-state index < -0.39 is 12.2 Å². The molecule has 2 atom stereocenters. The maximum atomic E-state index is 10.0. The van der Waals surface area contributed by atoms with Crippen molar-refractivity contribution in [2.24, 2.45) is 0 Å². The van der Waals surface area contributed by atoms with Gasteiger partial charge >= 0.3 is 0 Å². The molecule has 2 unspecified atom stereocenters. The first-order valence-corrected chi connectivity index (χ1v) is 10.8. The highest BCUT2D eigenvalue weighted by atomic mass is 16.5. The molecule has 2 aromatic rings. The van der Waals surface area contributed by atoms with Gasteiger partial charge in [0.1, 0.15) is 24.7 Å². The third kappa shape index (κ3) is 4.44. The van der Waals surface area contributed by atoms with Gasteiger partial charge < -0.3 is 19.7 Å². The van der Waals surface area contributed by atoms with Gasteiger partial charge in [-0.15, -0.1) is 0 Å². The number of rotatable bonds is 9. The van der Waals surface area contributed by atoms with Gasteiger partial charge in [-0.2, -0.15) is 0 Å². The number of benzene rings is 2. The average molecular weight is 387 g/mol. The predicted octanol–water partition coefficient (Wildman–Crippen LogP) is 4.58. The molecule has 0 saturated heterocycles. The Labute approximate surface area is 168 Å². The van der Waals surface area contributed by atoms with E-state index in [0.717, 1.165) is 54.4 Å². The van der Waals surface area contributed by atoms with Crippen LogP contribution in [0.2, 0.25) is 0 Å². The summed E-state index contributed by atoms with van der Waals surface area (Å²) in [6.45, 7) is 6.69. The van der Waals surface area contributed by atoms with Gasteiger partial charge in [-0.3, -0.25) is 0 Å². The highest BCUT2D eigenvalue weighted by molar-refractivity contribution is 5.96. The fourth-order valence-electron chi connectivity index (χ4n) is 3.85. The quantitative estimate of drug-likeness (QED) is 0.662. The van der Waals surface area contributed by atoms with Crippen LogP contribution in [-0.4, -0.2) is 35.6 Å². The van der Waals surface area contributed by atoms with Crippen molar-refractivity contribution < 1.29 is 19.7 Å². The standard InChI is InChI=1S/C24H34O4/c1-4-16-11-12-21-22(13-16)24(28-15-18(26)6-3)20-10-8-7-9-19(20)23(21)27-14-17(25)5-2/h11-13,17-18,25-26H,4-10,14-15H2,1-3H3. The molecule has 0 saturated carbocycles. The van der Waals surface area contributed by atoms with E-state index in [4.69, 9.17) is 9.47 Å². The van der Waals surface area contributed by atoms with Crippen LogP contribution in [0.5, 0.6) is 11.5 Å². The topological polar surface area (TPSA) is 58.9 Å². The summed E-state index contributed by atoms with van der Waals surface area (Å²) < 4.78 is 12.4. The maximum Gasteiger partial charge on any atom is 0.131 e. The lowest BCUT2D eigenvalue weighted by Crippen LogP contribution is -2.20. The first kappa shape index (κ1) is 20.9. The Hall–Kier alpha value is -1.78. The minimum absolute atomic E-state index is 0.308. The van der Waals surface area contributed by atoms with Gasteiger partial charge in [0.25, 0.3) is 0 Å². The molecule has 4 heteroatoms. The van der Waals surface area contributed by atoms with E-state index in [0.29, 0.717) is 26.1 Å². The van der Waals surface area contributed by atoms with Crippen LogP contribution >= 0.6 is 0 Å². The Morgan fingerprint density at radius 3 is 1.86 bits per heavy atom. The Kier molecular flexibility index (Phi) is 7.19. The van der Waals surface area contributed by atoms with E-state index in [1.807, 2.05) is 13.8 Å². The van der Waals surface area contributed by atoms with Gasteiger partial charge in [0.2, 0.25) is 0 Å². The van der Waals surface area contributed by atoms with Gasteiger partial charge in [0.15, 0.2) is 0 Å². The van der Waals surface area contributed by atoms with Crippen LogP contribution < -0.4 is 9.47 Å². The Bertz CT molecular complexity index is 799. The van der Waals surface area contributed by atoms with Crippen LogP contribution in [0.25, 0.3) is 10.8 Å². The smallest absolute Gasteiger partial charge is 0.131 e. The monoisotopic (exact) mass is 386 g/mol. The fourth-order valence-corrected chi connectivity index (χ4v) is 3.85. The van der Waals surface area contributed by atoms with Crippen LogP contribution in [0, 0.1) is 0 Å². The van der Waals surface area contributed by atoms with Crippen LogP contribution in [0.15, 0.2) is 18.2 Å². The van der Waals surface area contributed by atoms with Crippen molar-refractivity contribution in [3.63, 3.8) is 0 Å². The molecule has 0 fully saturated rings. The lowest BCUT2D eigenvalue weighted by Gasteiger charge is -2.26. The average Bonchev–Trinajstić information content (AvgIpc) is 2.74. The van der Waals surface area contributed by atoms with Gasteiger partial charge in [0.05, 0.1) is 12.2 Å². The summed E-state index contributed by atoms with van der Waals surface area (Å²) in [5, 5.41) is 22.2. The number of aliphatic hydroxyl groups is 2. The Morgan fingerprint density at radius 2 is 1.36 bits per heavy atom. The first-order chi connectivity index (χ1) is 13.6. The van der Waals surface area contributed by atoms with E-state index in [1.165, 1.54) is 16.7 Å². The maximum absolute atomic E-state index is 10.0. The van der Waals surface area contributed by atoms with Crippen molar-refractivity contribution in [3.05, 3.63) is 34.9 Å². The van der Waals surface area contributed by atoms with Gasteiger partial charge in [-0.1, -0.05) is 32.9 Å².